The molecule has 7 heteroatoms. The minimum atomic E-state index is -1.56. The maximum Gasteiger partial charge on any atom is 1.00 e. The SMILES string of the molecule is CC(O)C(NC(=O)OC(C)(C)C)C(=O)[O-].[Cs+]. The first-order chi connectivity index (χ1) is 6.63. The monoisotopic (exact) mass is 351 g/mol. The molecule has 2 atom stereocenters. The summed E-state index contributed by atoms with van der Waals surface area (Å²) in [5.41, 5.74) is -0.723. The topological polar surface area (TPSA) is 98.7 Å². The summed E-state index contributed by atoms with van der Waals surface area (Å²) in [6.45, 7) is 6.16. The molecule has 0 aliphatic heterocycles. The molecule has 0 aromatic carbocycles. The molecular weight excluding hydrogens is 335 g/mol. The van der Waals surface area contributed by atoms with Crippen LogP contribution in [0.25, 0.3) is 0 Å². The molecule has 2 unspecified atom stereocenters. The molecule has 16 heavy (non-hydrogen) atoms. The first kappa shape index (κ1) is 19.1. The Balaban J connectivity index is 0. The van der Waals surface area contributed by atoms with Crippen molar-refractivity contribution in [2.24, 2.45) is 0 Å². The molecular formula is C9H16CsNO5. The summed E-state index contributed by atoms with van der Waals surface area (Å²) >= 11 is 0. The summed E-state index contributed by atoms with van der Waals surface area (Å²) in [7, 11) is 0. The van der Waals surface area contributed by atoms with Gasteiger partial charge >= 0.3 is 75.0 Å². The number of amides is 1. The number of aliphatic carboxylic acids is 1. The van der Waals surface area contributed by atoms with Crippen LogP contribution in [0.15, 0.2) is 0 Å². The Kier molecular flexibility index (Phi) is 9.50. The molecule has 0 aliphatic rings. The number of rotatable bonds is 3. The van der Waals surface area contributed by atoms with Crippen molar-refractivity contribution >= 4 is 12.1 Å². The first-order valence-corrected chi connectivity index (χ1v) is 4.52. The number of carbonyl (C=O) groups excluding carboxylic acids is 2. The van der Waals surface area contributed by atoms with Crippen molar-refractivity contribution in [1.29, 1.82) is 0 Å². The number of carboxylic acid groups (broad SMARTS) is 1. The number of alkyl carbamates (subject to hydrolysis) is 1. The van der Waals surface area contributed by atoms with Gasteiger partial charge in [-0.2, -0.15) is 0 Å². The van der Waals surface area contributed by atoms with Gasteiger partial charge in [0.1, 0.15) is 5.60 Å². The van der Waals surface area contributed by atoms with Crippen molar-refractivity contribution in [3.63, 3.8) is 0 Å². The molecule has 0 radical (unpaired) electrons. The van der Waals surface area contributed by atoms with Gasteiger partial charge in [-0.3, -0.25) is 0 Å². The molecule has 0 saturated heterocycles. The maximum atomic E-state index is 11.1. The van der Waals surface area contributed by atoms with Crippen molar-refractivity contribution in [3.05, 3.63) is 0 Å². The Labute approximate surface area is 154 Å². The van der Waals surface area contributed by atoms with E-state index in [2.05, 4.69) is 0 Å². The summed E-state index contributed by atoms with van der Waals surface area (Å²) in [5, 5.41) is 21.5. The molecule has 2 N–H and O–H groups in total. The molecule has 0 saturated carbocycles. The van der Waals surface area contributed by atoms with E-state index in [9.17, 15) is 14.7 Å². The van der Waals surface area contributed by atoms with Crippen molar-refractivity contribution in [3.8, 4) is 0 Å². The van der Waals surface area contributed by atoms with Crippen LogP contribution < -0.4 is 79.3 Å². The van der Waals surface area contributed by atoms with E-state index in [0.29, 0.717) is 0 Å². The molecule has 0 aliphatic carbocycles. The predicted molar refractivity (Wildman–Crippen MR) is 49.8 cm³/mol. The second-order valence-corrected chi connectivity index (χ2v) is 4.18. The zero-order valence-corrected chi connectivity index (χ0v) is 16.5. The van der Waals surface area contributed by atoms with Crippen molar-refractivity contribution in [1.82, 2.24) is 5.32 Å². The Morgan fingerprint density at radius 3 is 2.06 bits per heavy atom. The van der Waals surface area contributed by atoms with Gasteiger partial charge in [0.25, 0.3) is 0 Å². The van der Waals surface area contributed by atoms with Gasteiger partial charge in [-0.25, -0.2) is 4.79 Å². The molecule has 1 amide bonds. The number of carbonyl (C=O) groups is 2. The molecule has 0 spiro atoms. The van der Waals surface area contributed by atoms with E-state index in [1.165, 1.54) is 6.92 Å². The van der Waals surface area contributed by atoms with Gasteiger partial charge in [0.2, 0.25) is 0 Å². The number of aliphatic hydroxyl groups is 1. The minimum absolute atomic E-state index is 0. The zero-order chi connectivity index (χ0) is 12.2. The Morgan fingerprint density at radius 2 is 1.81 bits per heavy atom. The van der Waals surface area contributed by atoms with Gasteiger partial charge in [-0.05, 0) is 27.7 Å². The number of carboxylic acids is 1. The summed E-state index contributed by atoms with van der Waals surface area (Å²) in [5.74, 6) is -1.56. The van der Waals surface area contributed by atoms with Crippen LogP contribution in [0.1, 0.15) is 27.7 Å². The van der Waals surface area contributed by atoms with Crippen LogP contribution in [0.4, 0.5) is 4.79 Å². The predicted octanol–water partition coefficient (Wildman–Crippen LogP) is -3.99. The fourth-order valence-corrected chi connectivity index (χ4v) is 0.811. The van der Waals surface area contributed by atoms with Crippen LogP contribution >= 0.6 is 0 Å². The number of hydrogen-bond acceptors (Lipinski definition) is 5. The smallest absolute Gasteiger partial charge is 0.548 e. The van der Waals surface area contributed by atoms with Crippen LogP contribution in [0.5, 0.6) is 0 Å². The van der Waals surface area contributed by atoms with E-state index >= 15 is 0 Å². The molecule has 6 nitrogen and oxygen atoms in total. The first-order valence-electron chi connectivity index (χ1n) is 4.52. The van der Waals surface area contributed by atoms with E-state index in [-0.39, 0.29) is 68.9 Å². The van der Waals surface area contributed by atoms with E-state index < -0.39 is 29.8 Å². The molecule has 88 valence electrons. The molecule has 0 bridgehead atoms. The fraction of sp³-hybridized carbons (Fsp3) is 0.778. The summed E-state index contributed by atoms with van der Waals surface area (Å²) < 4.78 is 4.82. The summed E-state index contributed by atoms with van der Waals surface area (Å²) in [4.78, 5) is 21.6. The number of ether oxygens (including phenoxy) is 1. The van der Waals surface area contributed by atoms with Crippen LogP contribution in [-0.2, 0) is 9.53 Å². The average molecular weight is 351 g/mol. The van der Waals surface area contributed by atoms with E-state index in [4.69, 9.17) is 9.84 Å². The van der Waals surface area contributed by atoms with Crippen molar-refractivity contribution < 1.29 is 93.4 Å². The van der Waals surface area contributed by atoms with Gasteiger partial charge < -0.3 is 25.1 Å². The quantitative estimate of drug-likeness (QED) is 0.540. The largest absolute Gasteiger partial charge is 1.00 e. The standard InChI is InChI=1S/C9H17NO5.Cs/c1-5(11)6(7(12)13)10-8(14)15-9(2,3)4;/h5-6,11H,1-4H3,(H,10,14)(H,12,13);/q;+1/p-1. The second-order valence-electron chi connectivity index (χ2n) is 4.18. The van der Waals surface area contributed by atoms with Crippen molar-refractivity contribution in [2.75, 3.05) is 0 Å². The van der Waals surface area contributed by atoms with Crippen LogP contribution in [0.2, 0.25) is 0 Å². The fourth-order valence-electron chi connectivity index (χ4n) is 0.811. The number of aliphatic hydroxyl groups excluding tert-OH is 1. The molecule has 0 aromatic rings. The summed E-state index contributed by atoms with van der Waals surface area (Å²) in [6, 6.07) is -1.47. The Hall–Kier alpha value is 0.752. The van der Waals surface area contributed by atoms with Gasteiger partial charge in [-0.15, -0.1) is 0 Å². The minimum Gasteiger partial charge on any atom is -0.548 e. The third-order valence-electron chi connectivity index (χ3n) is 1.41. The average Bonchev–Trinajstić information content (AvgIpc) is 1.95. The van der Waals surface area contributed by atoms with E-state index in [1.807, 2.05) is 5.32 Å². The van der Waals surface area contributed by atoms with Crippen molar-refractivity contribution in [2.45, 2.75) is 45.4 Å². The zero-order valence-electron chi connectivity index (χ0n) is 10.2. The van der Waals surface area contributed by atoms with Crippen LogP contribution in [0, 0.1) is 0 Å². The van der Waals surface area contributed by atoms with Crippen LogP contribution in [0.3, 0.4) is 0 Å². The summed E-state index contributed by atoms with van der Waals surface area (Å²) in [6.07, 6.45) is -2.15. The van der Waals surface area contributed by atoms with E-state index in [1.54, 1.807) is 20.8 Å². The third-order valence-corrected chi connectivity index (χ3v) is 1.41. The van der Waals surface area contributed by atoms with Gasteiger partial charge in [0.15, 0.2) is 0 Å². The van der Waals surface area contributed by atoms with Gasteiger partial charge in [0.05, 0.1) is 18.1 Å². The third kappa shape index (κ3) is 8.85. The molecule has 0 rings (SSSR count). The molecule has 0 aromatic heterocycles. The van der Waals surface area contributed by atoms with Gasteiger partial charge in [0, 0.05) is 0 Å². The Bertz CT molecular complexity index is 249. The second kappa shape index (κ2) is 7.96. The van der Waals surface area contributed by atoms with Gasteiger partial charge in [-0.1, -0.05) is 0 Å². The number of hydrogen-bond donors (Lipinski definition) is 2. The normalized spacial score (nSPS) is 14.3. The molecule has 0 fully saturated rings. The molecule has 0 heterocycles. The maximum absolute atomic E-state index is 11.1. The van der Waals surface area contributed by atoms with Crippen LogP contribution in [-0.4, -0.2) is 34.9 Å². The number of nitrogens with one attached hydrogen (secondary N) is 1. The van der Waals surface area contributed by atoms with E-state index in [0.717, 1.165) is 0 Å². The Morgan fingerprint density at radius 1 is 1.38 bits per heavy atom.